The van der Waals surface area contributed by atoms with E-state index < -0.39 is 11.8 Å². The summed E-state index contributed by atoms with van der Waals surface area (Å²) >= 11 is 6.61. The number of benzene rings is 4. The van der Waals surface area contributed by atoms with Crippen molar-refractivity contribution < 1.29 is 23.5 Å². The first-order valence-corrected chi connectivity index (χ1v) is 16.0. The van der Waals surface area contributed by atoms with Gasteiger partial charge in [-0.25, -0.2) is 9.18 Å². The number of esters is 1. The molecular weight excluding hydrogens is 603 g/mol. The molecule has 1 aromatic heterocycles. The molecule has 0 amide bonds. The standard InChI is InChI=1S/C38H32ClFN2O4/c39-31-16-9-15-27(26-18-19-26)35(31)37(43)42-33-17-8-7-14-28(33)36(41-42)29-21-34(45-22-24-10-3-1-4-11-24)30(20-32(29)40)38(44)46-23-25-12-5-2-6-13-25/h1-6,9-13,15-16,20-21,26H,7-8,14,17-19,22-23H2. The number of hydrogen-bond donors (Lipinski definition) is 0. The molecule has 232 valence electrons. The van der Waals surface area contributed by atoms with E-state index in [1.54, 1.807) is 6.07 Å². The van der Waals surface area contributed by atoms with E-state index in [1.165, 1.54) is 10.7 Å². The zero-order valence-corrected chi connectivity index (χ0v) is 25.9. The van der Waals surface area contributed by atoms with Crippen LogP contribution in [0.4, 0.5) is 4.39 Å². The molecule has 1 saturated carbocycles. The molecule has 5 aromatic rings. The van der Waals surface area contributed by atoms with Crippen LogP contribution >= 0.6 is 11.6 Å². The van der Waals surface area contributed by atoms with Crippen LogP contribution in [-0.2, 0) is 30.8 Å². The molecule has 0 radical (unpaired) electrons. The molecule has 0 aliphatic heterocycles. The molecule has 0 saturated heterocycles. The van der Waals surface area contributed by atoms with Gasteiger partial charge in [0, 0.05) is 11.1 Å². The number of fused-ring (bicyclic) bond motifs is 1. The predicted molar refractivity (Wildman–Crippen MR) is 174 cm³/mol. The SMILES string of the molecule is O=C(OCc1ccccc1)c1cc(F)c(-c2nn(C(=O)c3c(Cl)cccc3C3CC3)c3c2CCCC3)cc1OCc1ccccc1. The quantitative estimate of drug-likeness (QED) is 0.152. The minimum atomic E-state index is -0.702. The second-order valence-corrected chi connectivity index (χ2v) is 12.2. The largest absolute Gasteiger partial charge is 0.488 e. The highest BCUT2D eigenvalue weighted by molar-refractivity contribution is 6.34. The minimum absolute atomic E-state index is 0.0253. The number of aromatic nitrogens is 2. The van der Waals surface area contributed by atoms with E-state index in [2.05, 4.69) is 0 Å². The molecule has 0 bridgehead atoms. The third-order valence-corrected chi connectivity index (χ3v) is 8.96. The Hall–Kier alpha value is -4.75. The van der Waals surface area contributed by atoms with Gasteiger partial charge in [-0.3, -0.25) is 4.79 Å². The summed E-state index contributed by atoms with van der Waals surface area (Å²) in [4.78, 5) is 27.4. The molecule has 2 aliphatic carbocycles. The van der Waals surface area contributed by atoms with Crippen molar-refractivity contribution in [2.24, 2.45) is 0 Å². The topological polar surface area (TPSA) is 70.4 Å². The molecule has 6 nitrogen and oxygen atoms in total. The lowest BCUT2D eigenvalue weighted by Gasteiger charge is -2.16. The number of nitrogens with zero attached hydrogens (tertiary/aromatic N) is 2. The van der Waals surface area contributed by atoms with Gasteiger partial charge in [0.15, 0.2) is 0 Å². The van der Waals surface area contributed by atoms with E-state index >= 15 is 4.39 Å². The Morgan fingerprint density at radius 1 is 0.870 bits per heavy atom. The van der Waals surface area contributed by atoms with Gasteiger partial charge in [0.2, 0.25) is 0 Å². The summed E-state index contributed by atoms with van der Waals surface area (Å²) in [6.45, 7) is 0.193. The van der Waals surface area contributed by atoms with Gasteiger partial charge in [-0.2, -0.15) is 9.78 Å². The van der Waals surface area contributed by atoms with Crippen LogP contribution in [-0.4, -0.2) is 21.7 Å². The lowest BCUT2D eigenvalue weighted by Crippen LogP contribution is -2.20. The lowest BCUT2D eigenvalue weighted by atomic mass is 9.92. The first kappa shape index (κ1) is 29.9. The van der Waals surface area contributed by atoms with Crippen LogP contribution in [0.5, 0.6) is 5.75 Å². The Morgan fingerprint density at radius 3 is 2.28 bits per heavy atom. The normalized spacial score (nSPS) is 14.0. The number of rotatable bonds is 9. The zero-order valence-electron chi connectivity index (χ0n) is 25.2. The van der Waals surface area contributed by atoms with Gasteiger partial charge in [-0.1, -0.05) is 84.4 Å². The van der Waals surface area contributed by atoms with E-state index in [4.69, 9.17) is 26.2 Å². The van der Waals surface area contributed by atoms with E-state index in [-0.39, 0.29) is 36.0 Å². The molecular formula is C38H32ClFN2O4. The monoisotopic (exact) mass is 634 g/mol. The van der Waals surface area contributed by atoms with Crippen LogP contribution in [0.2, 0.25) is 5.02 Å². The number of ether oxygens (including phenoxy) is 2. The van der Waals surface area contributed by atoms with Crippen LogP contribution < -0.4 is 4.74 Å². The Kier molecular flexibility index (Phi) is 8.41. The summed E-state index contributed by atoms with van der Waals surface area (Å²) in [5.74, 6) is -1.18. The van der Waals surface area contributed by atoms with Crippen molar-refractivity contribution in [3.05, 3.63) is 141 Å². The summed E-state index contributed by atoms with van der Waals surface area (Å²) in [6.07, 6.45) is 5.10. The molecule has 8 heteroatoms. The Balaban J connectivity index is 1.28. The Labute approximate surface area is 271 Å². The van der Waals surface area contributed by atoms with Crippen LogP contribution in [0.3, 0.4) is 0 Å². The number of halogens is 2. The number of hydrogen-bond acceptors (Lipinski definition) is 5. The van der Waals surface area contributed by atoms with Gasteiger partial charge in [-0.15, -0.1) is 0 Å². The molecule has 7 rings (SSSR count). The Morgan fingerprint density at radius 2 is 1.57 bits per heavy atom. The van der Waals surface area contributed by atoms with Crippen LogP contribution in [0.25, 0.3) is 11.3 Å². The first-order valence-electron chi connectivity index (χ1n) is 15.6. The van der Waals surface area contributed by atoms with Crippen molar-refractivity contribution in [1.29, 1.82) is 0 Å². The highest BCUT2D eigenvalue weighted by atomic mass is 35.5. The zero-order chi connectivity index (χ0) is 31.6. The minimum Gasteiger partial charge on any atom is -0.488 e. The second-order valence-electron chi connectivity index (χ2n) is 11.8. The third-order valence-electron chi connectivity index (χ3n) is 8.64. The fourth-order valence-electron chi connectivity index (χ4n) is 6.14. The van der Waals surface area contributed by atoms with Crippen molar-refractivity contribution in [1.82, 2.24) is 9.78 Å². The molecule has 1 fully saturated rings. The molecule has 4 aromatic carbocycles. The van der Waals surface area contributed by atoms with Gasteiger partial charge in [0.1, 0.15) is 30.3 Å². The maximum absolute atomic E-state index is 16.1. The van der Waals surface area contributed by atoms with Gasteiger partial charge < -0.3 is 9.47 Å². The van der Waals surface area contributed by atoms with E-state index in [9.17, 15) is 9.59 Å². The van der Waals surface area contributed by atoms with E-state index in [1.807, 2.05) is 72.8 Å². The summed E-state index contributed by atoms with van der Waals surface area (Å²) in [7, 11) is 0. The molecule has 0 spiro atoms. The summed E-state index contributed by atoms with van der Waals surface area (Å²) < 4.78 is 29.3. The number of carbonyl (C=O) groups excluding carboxylic acids is 2. The fourth-order valence-corrected chi connectivity index (χ4v) is 6.40. The highest BCUT2D eigenvalue weighted by Crippen LogP contribution is 2.44. The molecule has 1 heterocycles. The van der Waals surface area contributed by atoms with Crippen molar-refractivity contribution in [3.8, 4) is 17.0 Å². The third kappa shape index (κ3) is 6.07. The average Bonchev–Trinajstić information content (AvgIpc) is 3.87. The summed E-state index contributed by atoms with van der Waals surface area (Å²) in [5.41, 5.74) is 5.18. The fraction of sp³-hybridized carbons (Fsp3) is 0.237. The van der Waals surface area contributed by atoms with Crippen molar-refractivity contribution in [2.45, 2.75) is 57.7 Å². The van der Waals surface area contributed by atoms with Gasteiger partial charge in [-0.05, 0) is 79.3 Å². The highest BCUT2D eigenvalue weighted by Gasteiger charge is 2.33. The first-order chi connectivity index (χ1) is 22.5. The van der Waals surface area contributed by atoms with Crippen molar-refractivity contribution >= 4 is 23.5 Å². The predicted octanol–water partition coefficient (Wildman–Crippen LogP) is 8.72. The Bertz CT molecular complexity index is 1920. The molecule has 46 heavy (non-hydrogen) atoms. The van der Waals surface area contributed by atoms with E-state index in [0.29, 0.717) is 35.0 Å². The van der Waals surface area contributed by atoms with Gasteiger partial charge >= 0.3 is 5.97 Å². The van der Waals surface area contributed by atoms with Crippen LogP contribution in [0.1, 0.15) is 80.3 Å². The maximum Gasteiger partial charge on any atom is 0.342 e. The molecule has 0 N–H and O–H groups in total. The average molecular weight is 635 g/mol. The summed E-state index contributed by atoms with van der Waals surface area (Å²) in [6, 6.07) is 27.0. The number of carbonyl (C=O) groups is 2. The summed E-state index contributed by atoms with van der Waals surface area (Å²) in [5, 5.41) is 5.15. The smallest absolute Gasteiger partial charge is 0.342 e. The molecule has 0 unspecified atom stereocenters. The maximum atomic E-state index is 16.1. The lowest BCUT2D eigenvalue weighted by molar-refractivity contribution is 0.0467. The van der Waals surface area contributed by atoms with Crippen molar-refractivity contribution in [3.63, 3.8) is 0 Å². The molecule has 2 aliphatic rings. The van der Waals surface area contributed by atoms with Crippen LogP contribution in [0, 0.1) is 5.82 Å². The van der Waals surface area contributed by atoms with Gasteiger partial charge in [0.25, 0.3) is 5.91 Å². The second kappa shape index (κ2) is 12.9. The van der Waals surface area contributed by atoms with E-state index in [0.717, 1.165) is 59.7 Å². The van der Waals surface area contributed by atoms with Gasteiger partial charge in [0.05, 0.1) is 22.0 Å². The van der Waals surface area contributed by atoms with Crippen LogP contribution in [0.15, 0.2) is 91.0 Å². The van der Waals surface area contributed by atoms with Crippen molar-refractivity contribution in [2.75, 3.05) is 0 Å². The molecule has 0 atom stereocenters.